The third-order valence-corrected chi connectivity index (χ3v) is 1.04. The molecule has 0 radical (unpaired) electrons. The average Bonchev–Trinajstić information content (AvgIpc) is 1.92. The van der Waals surface area contributed by atoms with Crippen LogP contribution in [0, 0.1) is 5.92 Å². The molecule has 0 unspecified atom stereocenters. The fraction of sp³-hybridized carbons (Fsp3) is 1.00. The fourth-order valence-electron chi connectivity index (χ4n) is 0.463. The molecule has 1 nitrogen and oxygen atoms in total. The Hall–Kier alpha value is -0.0400. The van der Waals surface area contributed by atoms with Crippen LogP contribution in [-0.2, 0) is 4.74 Å². The molecule has 0 aromatic rings. The molecule has 0 rings (SSSR count). The van der Waals surface area contributed by atoms with E-state index in [1.165, 1.54) is 6.42 Å². The van der Waals surface area contributed by atoms with E-state index in [0.29, 0.717) is 0 Å². The monoisotopic (exact) mass is 146 g/mol. The zero-order valence-corrected chi connectivity index (χ0v) is 8.11. The maximum absolute atomic E-state index is 5.14. The first-order valence-corrected chi connectivity index (χ1v) is 4.35. The molecule has 0 saturated heterocycles. The molecule has 0 aromatic carbocycles. The van der Waals surface area contributed by atoms with Gasteiger partial charge in [-0.1, -0.05) is 27.7 Å². The van der Waals surface area contributed by atoms with Crippen LogP contribution in [-0.4, -0.2) is 13.2 Å². The third kappa shape index (κ3) is 15.7. The lowest BCUT2D eigenvalue weighted by Crippen LogP contribution is -1.97. The van der Waals surface area contributed by atoms with Crippen molar-refractivity contribution in [3.05, 3.63) is 0 Å². The number of hydrogen-bond donors (Lipinski definition) is 0. The lowest BCUT2D eigenvalue weighted by atomic mass is 10.1. The number of hydrogen-bond acceptors (Lipinski definition) is 1. The van der Waals surface area contributed by atoms with Crippen molar-refractivity contribution in [2.75, 3.05) is 13.2 Å². The summed E-state index contributed by atoms with van der Waals surface area (Å²) in [6.07, 6.45) is 1.19. The summed E-state index contributed by atoms with van der Waals surface area (Å²) in [4.78, 5) is 0. The van der Waals surface area contributed by atoms with E-state index in [4.69, 9.17) is 4.74 Å². The Morgan fingerprint density at radius 1 is 1.20 bits per heavy atom. The van der Waals surface area contributed by atoms with Crippen molar-refractivity contribution < 1.29 is 4.74 Å². The van der Waals surface area contributed by atoms with E-state index in [-0.39, 0.29) is 0 Å². The number of rotatable bonds is 4. The molecule has 0 heterocycles. The maximum Gasteiger partial charge on any atom is 0.0468 e. The van der Waals surface area contributed by atoms with E-state index in [9.17, 15) is 0 Å². The number of ether oxygens (including phenoxy) is 1. The molecule has 10 heavy (non-hydrogen) atoms. The average molecular weight is 146 g/mol. The van der Waals surface area contributed by atoms with Gasteiger partial charge >= 0.3 is 0 Å². The molecule has 0 aliphatic heterocycles. The van der Waals surface area contributed by atoms with Gasteiger partial charge in [0.25, 0.3) is 0 Å². The van der Waals surface area contributed by atoms with Crippen LogP contribution < -0.4 is 0 Å². The quantitative estimate of drug-likeness (QED) is 0.554. The van der Waals surface area contributed by atoms with Crippen LogP contribution in [0.15, 0.2) is 0 Å². The minimum atomic E-state index is 0.779. The first-order chi connectivity index (χ1) is 4.77. The summed E-state index contributed by atoms with van der Waals surface area (Å²) in [5.74, 6) is 0.779. The van der Waals surface area contributed by atoms with Crippen molar-refractivity contribution in [3.63, 3.8) is 0 Å². The minimum absolute atomic E-state index is 0.779. The van der Waals surface area contributed by atoms with Gasteiger partial charge in [0.15, 0.2) is 0 Å². The largest absolute Gasteiger partial charge is 0.382 e. The van der Waals surface area contributed by atoms with Crippen LogP contribution in [0.3, 0.4) is 0 Å². The third-order valence-electron chi connectivity index (χ3n) is 1.04. The van der Waals surface area contributed by atoms with Crippen molar-refractivity contribution >= 4 is 0 Å². The highest BCUT2D eigenvalue weighted by Crippen LogP contribution is 1.97. The SMILES string of the molecule is CC.CCOCCC(C)C. The van der Waals surface area contributed by atoms with Gasteiger partial charge in [-0.2, -0.15) is 0 Å². The van der Waals surface area contributed by atoms with Crippen LogP contribution in [0.4, 0.5) is 0 Å². The minimum Gasteiger partial charge on any atom is -0.382 e. The van der Waals surface area contributed by atoms with Crippen molar-refractivity contribution in [1.29, 1.82) is 0 Å². The van der Waals surface area contributed by atoms with E-state index >= 15 is 0 Å². The van der Waals surface area contributed by atoms with Gasteiger partial charge in [-0.05, 0) is 19.3 Å². The highest BCUT2D eigenvalue weighted by molar-refractivity contribution is 4.41. The molecule has 0 bridgehead atoms. The van der Waals surface area contributed by atoms with Gasteiger partial charge in [0.05, 0.1) is 0 Å². The predicted molar refractivity (Wildman–Crippen MR) is 47.3 cm³/mol. The molecule has 0 N–H and O–H groups in total. The zero-order chi connectivity index (χ0) is 8.41. The van der Waals surface area contributed by atoms with Crippen molar-refractivity contribution in [2.45, 2.75) is 41.0 Å². The Kier molecular flexibility index (Phi) is 14.8. The molecule has 0 fully saturated rings. The van der Waals surface area contributed by atoms with Crippen LogP contribution >= 0.6 is 0 Å². The Morgan fingerprint density at radius 2 is 1.70 bits per heavy atom. The first-order valence-electron chi connectivity index (χ1n) is 4.35. The molecule has 0 amide bonds. The van der Waals surface area contributed by atoms with E-state index in [1.54, 1.807) is 0 Å². The summed E-state index contributed by atoms with van der Waals surface area (Å²) >= 11 is 0. The van der Waals surface area contributed by atoms with Gasteiger partial charge in [-0.25, -0.2) is 0 Å². The first kappa shape index (κ1) is 12.6. The standard InChI is InChI=1S/C7H16O.C2H6/c1-4-8-6-5-7(2)3;1-2/h7H,4-6H2,1-3H3;1-2H3. The predicted octanol–water partition coefficient (Wildman–Crippen LogP) is 3.10. The lowest BCUT2D eigenvalue weighted by molar-refractivity contribution is 0.136. The van der Waals surface area contributed by atoms with Gasteiger partial charge in [-0.15, -0.1) is 0 Å². The summed E-state index contributed by atoms with van der Waals surface area (Å²) in [6.45, 7) is 12.2. The summed E-state index contributed by atoms with van der Waals surface area (Å²) in [5, 5.41) is 0. The second-order valence-electron chi connectivity index (χ2n) is 2.38. The molecule has 0 saturated carbocycles. The molecule has 0 aliphatic carbocycles. The Morgan fingerprint density at radius 3 is 2.00 bits per heavy atom. The Labute approximate surface area is 65.8 Å². The molecule has 0 spiro atoms. The van der Waals surface area contributed by atoms with Gasteiger partial charge in [0, 0.05) is 13.2 Å². The second kappa shape index (κ2) is 11.7. The molecule has 64 valence electrons. The van der Waals surface area contributed by atoms with Crippen molar-refractivity contribution in [3.8, 4) is 0 Å². The summed E-state index contributed by atoms with van der Waals surface area (Å²) in [6, 6.07) is 0. The topological polar surface area (TPSA) is 9.23 Å². The van der Waals surface area contributed by atoms with E-state index in [1.807, 2.05) is 20.8 Å². The van der Waals surface area contributed by atoms with E-state index < -0.39 is 0 Å². The molecule has 1 heteroatoms. The summed E-state index contributed by atoms with van der Waals surface area (Å²) < 4.78 is 5.14. The highest BCUT2D eigenvalue weighted by Gasteiger charge is 1.90. The molecule has 0 aliphatic rings. The van der Waals surface area contributed by atoms with Crippen molar-refractivity contribution in [1.82, 2.24) is 0 Å². The van der Waals surface area contributed by atoms with Gasteiger partial charge < -0.3 is 4.74 Å². The Balaban J connectivity index is 0. The van der Waals surface area contributed by atoms with Crippen molar-refractivity contribution in [2.24, 2.45) is 5.92 Å². The van der Waals surface area contributed by atoms with Crippen LogP contribution in [0.5, 0.6) is 0 Å². The normalized spacial score (nSPS) is 9.00. The molecular formula is C9H22O. The Bertz CT molecular complexity index is 42.0. The van der Waals surface area contributed by atoms with E-state index in [2.05, 4.69) is 13.8 Å². The molecular weight excluding hydrogens is 124 g/mol. The zero-order valence-electron chi connectivity index (χ0n) is 8.11. The lowest BCUT2D eigenvalue weighted by Gasteiger charge is -2.02. The van der Waals surface area contributed by atoms with Crippen LogP contribution in [0.2, 0.25) is 0 Å². The second-order valence-corrected chi connectivity index (χ2v) is 2.38. The summed E-state index contributed by atoms with van der Waals surface area (Å²) in [7, 11) is 0. The highest BCUT2D eigenvalue weighted by atomic mass is 16.5. The van der Waals surface area contributed by atoms with Gasteiger partial charge in [0.1, 0.15) is 0 Å². The molecule has 0 atom stereocenters. The molecule has 0 aromatic heterocycles. The fourth-order valence-corrected chi connectivity index (χ4v) is 0.463. The maximum atomic E-state index is 5.14. The smallest absolute Gasteiger partial charge is 0.0468 e. The van der Waals surface area contributed by atoms with Crippen LogP contribution in [0.1, 0.15) is 41.0 Å². The van der Waals surface area contributed by atoms with Gasteiger partial charge in [-0.3, -0.25) is 0 Å². The van der Waals surface area contributed by atoms with Crippen LogP contribution in [0.25, 0.3) is 0 Å². The van der Waals surface area contributed by atoms with E-state index in [0.717, 1.165) is 19.1 Å². The summed E-state index contributed by atoms with van der Waals surface area (Å²) in [5.41, 5.74) is 0. The van der Waals surface area contributed by atoms with Gasteiger partial charge in [0.2, 0.25) is 0 Å².